The van der Waals surface area contributed by atoms with Gasteiger partial charge in [0.05, 0.1) is 13.1 Å². The van der Waals surface area contributed by atoms with Gasteiger partial charge < -0.3 is 9.88 Å². The molecule has 0 saturated carbocycles. The first-order chi connectivity index (χ1) is 9.08. The van der Waals surface area contributed by atoms with Crippen LogP contribution in [0, 0.1) is 0 Å². The van der Waals surface area contributed by atoms with E-state index in [-0.39, 0.29) is 11.6 Å². The summed E-state index contributed by atoms with van der Waals surface area (Å²) in [4.78, 5) is 12.9. The van der Waals surface area contributed by atoms with Crippen molar-refractivity contribution in [2.24, 2.45) is 0 Å². The molecule has 7 heteroatoms. The van der Waals surface area contributed by atoms with Gasteiger partial charge in [-0.2, -0.15) is 0 Å². The van der Waals surface area contributed by atoms with Crippen LogP contribution in [0.4, 0.5) is 8.78 Å². The Morgan fingerprint density at radius 1 is 1.47 bits per heavy atom. The Labute approximate surface area is 121 Å². The molecule has 3 nitrogen and oxygen atoms in total. The molecule has 0 radical (unpaired) electrons. The van der Waals surface area contributed by atoms with Crippen LogP contribution in [-0.2, 0) is 13.1 Å². The number of nitrogens with one attached hydrogen (secondary N) is 1. The number of alkyl halides is 2. The zero-order chi connectivity index (χ0) is 13.8. The summed E-state index contributed by atoms with van der Waals surface area (Å²) in [6, 6.07) is 5.01. The zero-order valence-corrected chi connectivity index (χ0v) is 12.2. The summed E-state index contributed by atoms with van der Waals surface area (Å²) in [6.07, 6.45) is -1.01. The molecule has 102 valence electrons. The van der Waals surface area contributed by atoms with E-state index in [0.717, 1.165) is 9.35 Å². The van der Waals surface area contributed by atoms with Crippen LogP contribution in [0.5, 0.6) is 0 Å². The summed E-state index contributed by atoms with van der Waals surface area (Å²) in [5, 5.41) is 4.63. The molecular weight excluding hydrogens is 338 g/mol. The van der Waals surface area contributed by atoms with E-state index >= 15 is 0 Å². The molecule has 0 spiro atoms. The summed E-state index contributed by atoms with van der Waals surface area (Å²) in [6.45, 7) is -0.102. The number of rotatable bonds is 5. The zero-order valence-electron chi connectivity index (χ0n) is 9.78. The second-order valence-corrected chi connectivity index (χ2v) is 5.67. The van der Waals surface area contributed by atoms with Crippen LogP contribution < -0.4 is 5.32 Å². The lowest BCUT2D eigenvalue weighted by molar-refractivity contribution is 0.0928. The van der Waals surface area contributed by atoms with Gasteiger partial charge in [-0.15, -0.1) is 11.3 Å². The lowest BCUT2D eigenvalue weighted by Gasteiger charge is -2.09. The van der Waals surface area contributed by atoms with Crippen molar-refractivity contribution in [1.82, 2.24) is 9.88 Å². The summed E-state index contributed by atoms with van der Waals surface area (Å²) >= 11 is 4.88. The van der Waals surface area contributed by atoms with Crippen molar-refractivity contribution in [1.29, 1.82) is 0 Å². The lowest BCUT2D eigenvalue weighted by Crippen LogP contribution is -2.26. The Hall–Kier alpha value is -1.21. The number of halogens is 3. The molecule has 0 atom stereocenters. The van der Waals surface area contributed by atoms with E-state index < -0.39 is 13.0 Å². The quantitative estimate of drug-likeness (QED) is 0.881. The Bertz CT molecular complexity index is 568. The topological polar surface area (TPSA) is 34.0 Å². The molecule has 0 saturated heterocycles. The van der Waals surface area contributed by atoms with Gasteiger partial charge in [-0.25, -0.2) is 8.78 Å². The number of carbonyl (C=O) groups excluding carboxylic acids is 1. The van der Waals surface area contributed by atoms with Gasteiger partial charge in [0.2, 0.25) is 0 Å². The van der Waals surface area contributed by atoms with Crippen LogP contribution >= 0.6 is 27.3 Å². The van der Waals surface area contributed by atoms with E-state index in [1.165, 1.54) is 28.2 Å². The van der Waals surface area contributed by atoms with Crippen molar-refractivity contribution in [2.45, 2.75) is 19.5 Å². The molecule has 2 aromatic heterocycles. The Morgan fingerprint density at radius 3 is 2.89 bits per heavy atom. The van der Waals surface area contributed by atoms with Crippen molar-refractivity contribution in [2.75, 3.05) is 0 Å². The molecule has 0 aliphatic carbocycles. The van der Waals surface area contributed by atoms with Crippen molar-refractivity contribution < 1.29 is 13.6 Å². The summed E-state index contributed by atoms with van der Waals surface area (Å²) < 4.78 is 26.9. The molecule has 0 aliphatic heterocycles. The maximum atomic E-state index is 12.3. The molecular formula is C12H11BrF2N2OS. The van der Waals surface area contributed by atoms with Crippen LogP contribution in [-0.4, -0.2) is 16.9 Å². The average molecular weight is 349 g/mol. The largest absolute Gasteiger partial charge is 0.346 e. The molecule has 2 aromatic rings. The third-order valence-electron chi connectivity index (χ3n) is 2.50. The van der Waals surface area contributed by atoms with Crippen molar-refractivity contribution in [3.05, 3.63) is 44.8 Å². The van der Waals surface area contributed by atoms with Gasteiger partial charge in [0.1, 0.15) is 5.69 Å². The predicted molar refractivity (Wildman–Crippen MR) is 73.6 cm³/mol. The Kier molecular flexibility index (Phi) is 4.71. The minimum absolute atomic E-state index is 0.243. The first kappa shape index (κ1) is 14.2. The molecule has 0 fully saturated rings. The predicted octanol–water partition coefficient (Wildman–Crippen LogP) is 3.51. The molecule has 0 bridgehead atoms. The molecule has 0 unspecified atom stereocenters. The first-order valence-electron chi connectivity index (χ1n) is 5.51. The van der Waals surface area contributed by atoms with Crippen LogP contribution in [0.1, 0.15) is 15.4 Å². The van der Waals surface area contributed by atoms with Gasteiger partial charge in [-0.1, -0.05) is 0 Å². The third-order valence-corrected chi connectivity index (χ3v) is 4.42. The maximum Gasteiger partial charge on any atom is 0.268 e. The SMILES string of the molecule is O=C(NCc1sccc1Br)c1cccn1CC(F)F. The second-order valence-electron chi connectivity index (χ2n) is 3.81. The van der Waals surface area contributed by atoms with E-state index in [0.29, 0.717) is 6.54 Å². The standard InChI is InChI=1S/C12H11BrF2N2OS/c13-8-3-5-19-10(8)6-16-12(18)9-2-1-4-17(9)7-11(14)15/h1-5,11H,6-7H2,(H,16,18). The number of hydrogen-bond acceptors (Lipinski definition) is 2. The van der Waals surface area contributed by atoms with Gasteiger partial charge >= 0.3 is 0 Å². The molecule has 2 heterocycles. The molecule has 1 amide bonds. The summed E-state index contributed by atoms with van der Waals surface area (Å²) in [5.41, 5.74) is 0.243. The second kappa shape index (κ2) is 6.29. The van der Waals surface area contributed by atoms with Gasteiger partial charge in [0, 0.05) is 15.5 Å². The van der Waals surface area contributed by atoms with Crippen LogP contribution in [0.25, 0.3) is 0 Å². The average Bonchev–Trinajstić information content (AvgIpc) is 2.95. The van der Waals surface area contributed by atoms with E-state index in [9.17, 15) is 13.6 Å². The number of carbonyl (C=O) groups is 1. The number of amides is 1. The van der Waals surface area contributed by atoms with Gasteiger partial charge in [-0.3, -0.25) is 4.79 Å². The summed E-state index contributed by atoms with van der Waals surface area (Å²) in [5.74, 6) is -0.356. The number of nitrogens with zero attached hydrogens (tertiary/aromatic N) is 1. The van der Waals surface area contributed by atoms with E-state index in [2.05, 4.69) is 21.2 Å². The fraction of sp³-hybridized carbons (Fsp3) is 0.250. The highest BCUT2D eigenvalue weighted by Crippen LogP contribution is 2.22. The molecule has 0 aromatic carbocycles. The van der Waals surface area contributed by atoms with E-state index in [4.69, 9.17) is 0 Å². The molecule has 19 heavy (non-hydrogen) atoms. The van der Waals surface area contributed by atoms with E-state index in [1.807, 2.05) is 11.4 Å². The smallest absolute Gasteiger partial charge is 0.268 e. The van der Waals surface area contributed by atoms with Gasteiger partial charge in [0.25, 0.3) is 12.3 Å². The van der Waals surface area contributed by atoms with Crippen LogP contribution in [0.3, 0.4) is 0 Å². The molecule has 2 rings (SSSR count). The van der Waals surface area contributed by atoms with Crippen LogP contribution in [0.2, 0.25) is 0 Å². The normalized spacial score (nSPS) is 10.9. The fourth-order valence-electron chi connectivity index (χ4n) is 1.63. The molecule has 0 aliphatic rings. The molecule has 1 N–H and O–H groups in total. The minimum atomic E-state index is -2.48. The Balaban J connectivity index is 2.00. The van der Waals surface area contributed by atoms with Crippen LogP contribution in [0.15, 0.2) is 34.2 Å². The van der Waals surface area contributed by atoms with Crippen molar-refractivity contribution >= 4 is 33.2 Å². The highest BCUT2D eigenvalue weighted by atomic mass is 79.9. The first-order valence-corrected chi connectivity index (χ1v) is 7.18. The van der Waals surface area contributed by atoms with Gasteiger partial charge in [-0.05, 0) is 39.5 Å². The third kappa shape index (κ3) is 3.63. The number of thiophene rings is 1. The van der Waals surface area contributed by atoms with E-state index in [1.54, 1.807) is 6.07 Å². The van der Waals surface area contributed by atoms with Crippen molar-refractivity contribution in [3.63, 3.8) is 0 Å². The van der Waals surface area contributed by atoms with Gasteiger partial charge in [0.15, 0.2) is 0 Å². The lowest BCUT2D eigenvalue weighted by atomic mass is 10.3. The highest BCUT2D eigenvalue weighted by molar-refractivity contribution is 9.10. The monoisotopic (exact) mass is 348 g/mol. The Morgan fingerprint density at radius 2 is 2.26 bits per heavy atom. The number of aromatic nitrogens is 1. The highest BCUT2D eigenvalue weighted by Gasteiger charge is 2.14. The minimum Gasteiger partial charge on any atom is -0.346 e. The van der Waals surface area contributed by atoms with Crippen molar-refractivity contribution in [3.8, 4) is 0 Å². The number of hydrogen-bond donors (Lipinski definition) is 1. The maximum absolute atomic E-state index is 12.3. The summed E-state index contributed by atoms with van der Waals surface area (Å²) in [7, 11) is 0. The fourth-order valence-corrected chi connectivity index (χ4v) is 3.06.